The molecule has 1 amide bonds. The van der Waals surface area contributed by atoms with Crippen molar-refractivity contribution < 1.29 is 9.53 Å². The number of benzene rings is 2. The summed E-state index contributed by atoms with van der Waals surface area (Å²) in [4.78, 5) is 11.9. The fourth-order valence-electron chi connectivity index (χ4n) is 1.80. The number of rotatable bonds is 4. The molecule has 0 saturated heterocycles. The van der Waals surface area contributed by atoms with Crippen LogP contribution in [0.15, 0.2) is 36.4 Å². The SMILES string of the molecule is Cc1cc(Cl)ccc1OCC(=O)Nc1ccc(C#N)c(Cl)c1. The summed E-state index contributed by atoms with van der Waals surface area (Å²) < 4.78 is 5.44. The highest BCUT2D eigenvalue weighted by atomic mass is 35.5. The van der Waals surface area contributed by atoms with E-state index in [2.05, 4.69) is 5.32 Å². The van der Waals surface area contributed by atoms with Crippen LogP contribution in [0.2, 0.25) is 10.0 Å². The third-order valence-corrected chi connectivity index (χ3v) is 3.42. The molecule has 0 atom stereocenters. The average molecular weight is 335 g/mol. The van der Waals surface area contributed by atoms with Gasteiger partial charge in [0.05, 0.1) is 10.6 Å². The molecule has 0 spiro atoms. The van der Waals surface area contributed by atoms with Gasteiger partial charge in [-0.25, -0.2) is 0 Å². The van der Waals surface area contributed by atoms with Crippen molar-refractivity contribution in [1.82, 2.24) is 0 Å². The van der Waals surface area contributed by atoms with E-state index in [9.17, 15) is 4.79 Å². The summed E-state index contributed by atoms with van der Waals surface area (Å²) in [6.45, 7) is 1.71. The maximum atomic E-state index is 11.9. The molecule has 0 aliphatic rings. The van der Waals surface area contributed by atoms with Crippen LogP contribution in [0.5, 0.6) is 5.75 Å². The van der Waals surface area contributed by atoms with Gasteiger partial charge in [-0.15, -0.1) is 0 Å². The van der Waals surface area contributed by atoms with E-state index >= 15 is 0 Å². The fourth-order valence-corrected chi connectivity index (χ4v) is 2.25. The quantitative estimate of drug-likeness (QED) is 0.911. The Morgan fingerprint density at radius 3 is 2.68 bits per heavy atom. The van der Waals surface area contributed by atoms with Gasteiger partial charge < -0.3 is 10.1 Å². The van der Waals surface area contributed by atoms with Gasteiger partial charge in [0.25, 0.3) is 5.91 Å². The second-order valence-corrected chi connectivity index (χ2v) is 5.40. The first-order valence-corrected chi connectivity index (χ1v) is 7.13. The molecule has 2 aromatic carbocycles. The number of hydrogen-bond acceptors (Lipinski definition) is 3. The molecular formula is C16H12Cl2N2O2. The highest BCUT2D eigenvalue weighted by Crippen LogP contribution is 2.22. The summed E-state index contributed by atoms with van der Waals surface area (Å²) in [5, 5.41) is 12.3. The first kappa shape index (κ1) is 16.2. The van der Waals surface area contributed by atoms with E-state index in [4.69, 9.17) is 33.2 Å². The number of nitriles is 1. The highest BCUT2D eigenvalue weighted by Gasteiger charge is 2.07. The minimum atomic E-state index is -0.324. The summed E-state index contributed by atoms with van der Waals surface area (Å²) >= 11 is 11.8. The Morgan fingerprint density at radius 1 is 1.27 bits per heavy atom. The van der Waals surface area contributed by atoms with Crippen molar-refractivity contribution in [2.45, 2.75) is 6.92 Å². The molecule has 0 heterocycles. The van der Waals surface area contributed by atoms with Crippen molar-refractivity contribution in [3.63, 3.8) is 0 Å². The third-order valence-electron chi connectivity index (χ3n) is 2.87. The third kappa shape index (κ3) is 4.14. The first-order chi connectivity index (χ1) is 10.5. The molecule has 22 heavy (non-hydrogen) atoms. The van der Waals surface area contributed by atoms with Crippen LogP contribution in [0.3, 0.4) is 0 Å². The molecule has 112 valence electrons. The number of carbonyl (C=O) groups is 1. The molecule has 0 saturated carbocycles. The number of carbonyl (C=O) groups excluding carboxylic acids is 1. The molecule has 1 N–H and O–H groups in total. The van der Waals surface area contributed by atoms with Crippen LogP contribution in [0, 0.1) is 18.3 Å². The number of anilines is 1. The van der Waals surface area contributed by atoms with Crippen LogP contribution in [-0.4, -0.2) is 12.5 Å². The van der Waals surface area contributed by atoms with E-state index in [1.54, 1.807) is 30.3 Å². The molecule has 0 aromatic heterocycles. The smallest absolute Gasteiger partial charge is 0.262 e. The van der Waals surface area contributed by atoms with Crippen molar-refractivity contribution in [2.24, 2.45) is 0 Å². The van der Waals surface area contributed by atoms with E-state index in [-0.39, 0.29) is 17.5 Å². The van der Waals surface area contributed by atoms with Crippen LogP contribution in [0.1, 0.15) is 11.1 Å². The molecule has 0 bridgehead atoms. The Balaban J connectivity index is 1.96. The van der Waals surface area contributed by atoms with Crippen molar-refractivity contribution in [3.8, 4) is 11.8 Å². The number of nitrogens with zero attached hydrogens (tertiary/aromatic N) is 1. The van der Waals surface area contributed by atoms with Gasteiger partial charge in [0.2, 0.25) is 0 Å². The van der Waals surface area contributed by atoms with Gasteiger partial charge in [-0.2, -0.15) is 5.26 Å². The molecule has 0 aliphatic heterocycles. The Labute approximate surface area is 138 Å². The number of ether oxygens (including phenoxy) is 1. The maximum absolute atomic E-state index is 11.9. The van der Waals surface area contributed by atoms with Gasteiger partial charge >= 0.3 is 0 Å². The molecule has 2 rings (SSSR count). The van der Waals surface area contributed by atoms with E-state index in [1.165, 1.54) is 6.07 Å². The van der Waals surface area contributed by atoms with Crippen LogP contribution in [0.25, 0.3) is 0 Å². The first-order valence-electron chi connectivity index (χ1n) is 6.38. The van der Waals surface area contributed by atoms with Crippen LogP contribution in [0.4, 0.5) is 5.69 Å². The van der Waals surface area contributed by atoms with Crippen molar-refractivity contribution in [1.29, 1.82) is 5.26 Å². The zero-order valence-corrected chi connectivity index (χ0v) is 13.2. The van der Waals surface area contributed by atoms with Gasteiger partial charge in [-0.05, 0) is 48.9 Å². The second-order valence-electron chi connectivity index (χ2n) is 4.55. The highest BCUT2D eigenvalue weighted by molar-refractivity contribution is 6.32. The number of hydrogen-bond donors (Lipinski definition) is 1. The molecule has 6 heteroatoms. The number of aryl methyl sites for hydroxylation is 1. The van der Waals surface area contributed by atoms with Crippen molar-refractivity contribution in [3.05, 3.63) is 57.6 Å². The zero-order valence-electron chi connectivity index (χ0n) is 11.7. The van der Waals surface area contributed by atoms with Crippen LogP contribution in [-0.2, 0) is 4.79 Å². The maximum Gasteiger partial charge on any atom is 0.262 e. The number of amides is 1. The van der Waals surface area contributed by atoms with E-state index in [0.29, 0.717) is 22.0 Å². The lowest BCUT2D eigenvalue weighted by Gasteiger charge is -2.10. The molecule has 0 fully saturated rings. The molecule has 4 nitrogen and oxygen atoms in total. The lowest BCUT2D eigenvalue weighted by Crippen LogP contribution is -2.20. The van der Waals surface area contributed by atoms with E-state index < -0.39 is 0 Å². The predicted octanol–water partition coefficient (Wildman–Crippen LogP) is 4.19. The lowest BCUT2D eigenvalue weighted by atomic mass is 10.2. The van der Waals surface area contributed by atoms with Gasteiger partial charge in [0.15, 0.2) is 6.61 Å². The lowest BCUT2D eigenvalue weighted by molar-refractivity contribution is -0.118. The zero-order chi connectivity index (χ0) is 16.1. The Hall–Kier alpha value is -2.22. The van der Waals surface area contributed by atoms with E-state index in [0.717, 1.165) is 5.56 Å². The Kier molecular flexibility index (Phi) is 5.26. The molecular weight excluding hydrogens is 323 g/mol. The molecule has 0 unspecified atom stereocenters. The summed E-state index contributed by atoms with van der Waals surface area (Å²) in [7, 11) is 0. The molecule has 2 aromatic rings. The van der Waals surface area contributed by atoms with Gasteiger partial charge in [0.1, 0.15) is 11.8 Å². The minimum absolute atomic E-state index is 0.139. The summed E-state index contributed by atoms with van der Waals surface area (Å²) in [6.07, 6.45) is 0. The monoisotopic (exact) mass is 334 g/mol. The topological polar surface area (TPSA) is 62.1 Å². The second kappa shape index (κ2) is 7.17. The van der Waals surface area contributed by atoms with Gasteiger partial charge in [-0.1, -0.05) is 23.2 Å². The van der Waals surface area contributed by atoms with Crippen LogP contribution < -0.4 is 10.1 Å². The predicted molar refractivity (Wildman–Crippen MR) is 86.5 cm³/mol. The average Bonchev–Trinajstić information content (AvgIpc) is 2.46. The van der Waals surface area contributed by atoms with Crippen molar-refractivity contribution >= 4 is 34.8 Å². The standard InChI is InChI=1S/C16H12Cl2N2O2/c1-10-6-12(17)3-5-15(10)22-9-16(21)20-13-4-2-11(8-19)14(18)7-13/h2-7H,9H2,1H3,(H,20,21). The number of nitrogens with one attached hydrogen (secondary N) is 1. The minimum Gasteiger partial charge on any atom is -0.483 e. The van der Waals surface area contributed by atoms with E-state index in [1.807, 2.05) is 13.0 Å². The van der Waals surface area contributed by atoms with Crippen molar-refractivity contribution in [2.75, 3.05) is 11.9 Å². The largest absolute Gasteiger partial charge is 0.483 e. The summed E-state index contributed by atoms with van der Waals surface area (Å²) in [6, 6.07) is 11.8. The number of halogens is 2. The van der Waals surface area contributed by atoms with Crippen LogP contribution >= 0.6 is 23.2 Å². The normalized spacial score (nSPS) is 9.91. The Morgan fingerprint density at radius 2 is 2.05 bits per heavy atom. The van der Waals surface area contributed by atoms with Gasteiger partial charge in [0, 0.05) is 10.7 Å². The summed E-state index contributed by atoms with van der Waals surface area (Å²) in [5.74, 6) is 0.271. The Bertz CT molecular complexity index is 754. The summed E-state index contributed by atoms with van der Waals surface area (Å²) in [5.41, 5.74) is 1.71. The molecule has 0 radical (unpaired) electrons. The fraction of sp³-hybridized carbons (Fsp3) is 0.125. The molecule has 0 aliphatic carbocycles. The van der Waals surface area contributed by atoms with Gasteiger partial charge in [-0.3, -0.25) is 4.79 Å².